The molecule has 1 amide bonds. The third kappa shape index (κ3) is 3.34. The van der Waals surface area contributed by atoms with E-state index in [2.05, 4.69) is 9.97 Å². The molecular formula is C17H18N4O2. The summed E-state index contributed by atoms with van der Waals surface area (Å²) in [5, 5.41) is 9.81. The number of H-pyrrole nitrogens is 1. The van der Waals surface area contributed by atoms with Gasteiger partial charge in [-0.05, 0) is 43.7 Å². The van der Waals surface area contributed by atoms with Crippen LogP contribution in [-0.4, -0.2) is 22.0 Å². The Bertz CT molecular complexity index is 795. The van der Waals surface area contributed by atoms with Gasteiger partial charge in [-0.2, -0.15) is 5.26 Å². The predicted octanol–water partition coefficient (Wildman–Crippen LogP) is 2.36. The maximum Gasteiger partial charge on any atom is 0.259 e. The first-order valence-corrected chi connectivity index (χ1v) is 7.70. The van der Waals surface area contributed by atoms with Crippen LogP contribution in [0.25, 0.3) is 11.0 Å². The number of rotatable bonds is 5. The number of hydrogen-bond donors (Lipinski definition) is 2. The van der Waals surface area contributed by atoms with Gasteiger partial charge in [0.1, 0.15) is 23.0 Å². The largest absolute Gasteiger partial charge is 0.489 e. The van der Waals surface area contributed by atoms with Crippen molar-refractivity contribution in [3.8, 4) is 11.8 Å². The Kier molecular flexibility index (Phi) is 4.29. The van der Waals surface area contributed by atoms with Gasteiger partial charge in [-0.3, -0.25) is 4.79 Å². The Morgan fingerprint density at radius 1 is 1.52 bits per heavy atom. The number of carbonyl (C=O) groups is 1. The monoisotopic (exact) mass is 310 g/mol. The zero-order valence-corrected chi connectivity index (χ0v) is 12.7. The average Bonchev–Trinajstić information content (AvgIpc) is 3.17. The quantitative estimate of drug-likeness (QED) is 0.653. The Morgan fingerprint density at radius 2 is 2.30 bits per heavy atom. The Balaban J connectivity index is 1.83. The highest BCUT2D eigenvalue weighted by molar-refractivity contribution is 5.96. The summed E-state index contributed by atoms with van der Waals surface area (Å²) in [6.07, 6.45) is 10.4. The second kappa shape index (κ2) is 6.53. The van der Waals surface area contributed by atoms with Gasteiger partial charge in [0, 0.05) is 11.6 Å². The number of nitriles is 1. The Morgan fingerprint density at radius 3 is 3.00 bits per heavy atom. The number of amides is 1. The summed E-state index contributed by atoms with van der Waals surface area (Å²) in [6.45, 7) is 0. The minimum atomic E-state index is -0.712. The van der Waals surface area contributed by atoms with Crippen LogP contribution in [-0.2, 0) is 11.2 Å². The molecule has 6 nitrogen and oxygen atoms in total. The lowest BCUT2D eigenvalue weighted by molar-refractivity contribution is -0.114. The smallest absolute Gasteiger partial charge is 0.259 e. The minimum absolute atomic E-state index is 0.0364. The molecule has 2 heterocycles. The van der Waals surface area contributed by atoms with E-state index in [-0.39, 0.29) is 11.7 Å². The number of allylic oxidation sites excluding steroid dienone is 1. The molecule has 0 radical (unpaired) electrons. The molecule has 1 aliphatic carbocycles. The number of fused-ring (bicyclic) bond motifs is 1. The van der Waals surface area contributed by atoms with Crippen molar-refractivity contribution in [1.29, 1.82) is 5.26 Å². The van der Waals surface area contributed by atoms with Crippen LogP contribution in [0.3, 0.4) is 0 Å². The standard InChI is InChI=1S/C17H18N4O2/c18-8-11(16(19)22)5-6-12-9-20-17-15(12)7-14(10-21-17)23-13-3-1-2-4-13/h5,7,9-10,13H,1-4,6H2,(H2,19,22)(H,20,21). The molecule has 0 aliphatic heterocycles. The van der Waals surface area contributed by atoms with E-state index >= 15 is 0 Å². The van der Waals surface area contributed by atoms with Gasteiger partial charge >= 0.3 is 0 Å². The second-order valence-corrected chi connectivity index (χ2v) is 5.70. The molecule has 1 aliphatic rings. The fourth-order valence-electron chi connectivity index (χ4n) is 2.88. The van der Waals surface area contributed by atoms with E-state index in [0.29, 0.717) is 6.42 Å². The first-order valence-electron chi connectivity index (χ1n) is 7.70. The van der Waals surface area contributed by atoms with E-state index < -0.39 is 5.91 Å². The molecule has 0 atom stereocenters. The molecular weight excluding hydrogens is 292 g/mol. The SMILES string of the molecule is N#CC(=CCc1c[nH]c2ncc(OC3CCCC3)cc12)C(N)=O. The predicted molar refractivity (Wildman–Crippen MR) is 85.6 cm³/mol. The molecule has 2 aromatic rings. The number of nitrogens with one attached hydrogen (secondary N) is 1. The van der Waals surface area contributed by atoms with Crippen LogP contribution in [0.5, 0.6) is 5.75 Å². The summed E-state index contributed by atoms with van der Waals surface area (Å²) >= 11 is 0. The zero-order valence-electron chi connectivity index (χ0n) is 12.7. The fourth-order valence-corrected chi connectivity index (χ4v) is 2.88. The normalized spacial score (nSPS) is 15.7. The van der Waals surface area contributed by atoms with Crippen LogP contribution in [0, 0.1) is 11.3 Å². The van der Waals surface area contributed by atoms with Gasteiger partial charge in [0.25, 0.3) is 5.91 Å². The van der Waals surface area contributed by atoms with Crippen molar-refractivity contribution < 1.29 is 9.53 Å². The van der Waals surface area contributed by atoms with Gasteiger partial charge in [0.05, 0.1) is 12.3 Å². The molecule has 0 saturated heterocycles. The van der Waals surface area contributed by atoms with E-state index in [1.807, 2.05) is 18.3 Å². The fraction of sp³-hybridized carbons (Fsp3) is 0.353. The van der Waals surface area contributed by atoms with Crippen molar-refractivity contribution in [2.24, 2.45) is 5.73 Å². The summed E-state index contributed by atoms with van der Waals surface area (Å²) in [4.78, 5) is 18.5. The number of aromatic amines is 1. The lowest BCUT2D eigenvalue weighted by Crippen LogP contribution is -2.12. The second-order valence-electron chi connectivity index (χ2n) is 5.70. The number of nitrogens with zero attached hydrogens (tertiary/aromatic N) is 2. The highest BCUT2D eigenvalue weighted by atomic mass is 16.5. The van der Waals surface area contributed by atoms with Crippen LogP contribution in [0.2, 0.25) is 0 Å². The van der Waals surface area contributed by atoms with E-state index in [9.17, 15) is 4.79 Å². The molecule has 3 N–H and O–H groups in total. The first kappa shape index (κ1) is 15.1. The van der Waals surface area contributed by atoms with Crippen LogP contribution >= 0.6 is 0 Å². The number of pyridine rings is 1. The minimum Gasteiger partial charge on any atom is -0.489 e. The molecule has 118 valence electrons. The number of aromatic nitrogens is 2. The van der Waals surface area contributed by atoms with Crippen LogP contribution in [0.15, 0.2) is 30.1 Å². The van der Waals surface area contributed by atoms with Crippen molar-refractivity contribution in [2.45, 2.75) is 38.2 Å². The lowest BCUT2D eigenvalue weighted by Gasteiger charge is -2.12. The third-order valence-electron chi connectivity index (χ3n) is 4.11. The van der Waals surface area contributed by atoms with Gasteiger partial charge in [-0.1, -0.05) is 6.08 Å². The summed E-state index contributed by atoms with van der Waals surface area (Å²) in [5.41, 5.74) is 6.81. The molecule has 3 rings (SSSR count). The molecule has 1 saturated carbocycles. The van der Waals surface area contributed by atoms with Gasteiger partial charge < -0.3 is 15.5 Å². The van der Waals surface area contributed by atoms with Crippen molar-refractivity contribution in [2.75, 3.05) is 0 Å². The molecule has 2 aromatic heterocycles. The summed E-state index contributed by atoms with van der Waals surface area (Å²) in [6, 6.07) is 3.76. The topological polar surface area (TPSA) is 105 Å². The first-order chi connectivity index (χ1) is 11.2. The third-order valence-corrected chi connectivity index (χ3v) is 4.11. The van der Waals surface area contributed by atoms with E-state index in [4.69, 9.17) is 15.7 Å². The zero-order chi connectivity index (χ0) is 16.2. The van der Waals surface area contributed by atoms with Crippen molar-refractivity contribution in [3.63, 3.8) is 0 Å². The van der Waals surface area contributed by atoms with Gasteiger partial charge in [0.15, 0.2) is 0 Å². The highest BCUT2D eigenvalue weighted by Gasteiger charge is 2.17. The molecule has 1 fully saturated rings. The number of nitrogens with two attached hydrogens (primary N) is 1. The Hall–Kier alpha value is -2.81. The van der Waals surface area contributed by atoms with Crippen LogP contribution in [0.1, 0.15) is 31.2 Å². The van der Waals surface area contributed by atoms with Crippen molar-refractivity contribution >= 4 is 16.9 Å². The molecule has 0 unspecified atom stereocenters. The summed E-state index contributed by atoms with van der Waals surface area (Å²) < 4.78 is 5.97. The number of ether oxygens (including phenoxy) is 1. The van der Waals surface area contributed by atoms with Gasteiger partial charge in [-0.25, -0.2) is 4.98 Å². The van der Waals surface area contributed by atoms with E-state index in [1.165, 1.54) is 18.9 Å². The maximum atomic E-state index is 11.1. The number of primary amides is 1. The average molecular weight is 310 g/mol. The van der Waals surface area contributed by atoms with Crippen LogP contribution in [0.4, 0.5) is 0 Å². The number of hydrogen-bond acceptors (Lipinski definition) is 4. The van der Waals surface area contributed by atoms with Gasteiger partial charge in [-0.15, -0.1) is 0 Å². The van der Waals surface area contributed by atoms with Gasteiger partial charge in [0.2, 0.25) is 0 Å². The van der Waals surface area contributed by atoms with E-state index in [1.54, 1.807) is 6.20 Å². The molecule has 23 heavy (non-hydrogen) atoms. The Labute approximate surface area is 134 Å². The summed E-state index contributed by atoms with van der Waals surface area (Å²) in [5.74, 6) is 0.0420. The van der Waals surface area contributed by atoms with Crippen molar-refractivity contribution in [1.82, 2.24) is 9.97 Å². The molecule has 6 heteroatoms. The highest BCUT2D eigenvalue weighted by Crippen LogP contribution is 2.27. The number of carbonyl (C=O) groups excluding carboxylic acids is 1. The molecule has 0 aromatic carbocycles. The molecule has 0 spiro atoms. The maximum absolute atomic E-state index is 11.1. The molecule has 0 bridgehead atoms. The van der Waals surface area contributed by atoms with E-state index in [0.717, 1.165) is 35.2 Å². The van der Waals surface area contributed by atoms with Crippen LogP contribution < -0.4 is 10.5 Å². The summed E-state index contributed by atoms with van der Waals surface area (Å²) in [7, 11) is 0. The van der Waals surface area contributed by atoms with Crippen molar-refractivity contribution in [3.05, 3.63) is 35.7 Å². The lowest BCUT2D eigenvalue weighted by atomic mass is 10.1.